The quantitative estimate of drug-likeness (QED) is 0.260. The SMILES string of the molecule is O=C(OCc1ccccc1Cl)c1ccc(-c2ccc(C=Nc3ccccc3)o2)cc1. The second-order valence-corrected chi connectivity index (χ2v) is 6.95. The van der Waals surface area contributed by atoms with Crippen LogP contribution >= 0.6 is 11.6 Å². The summed E-state index contributed by atoms with van der Waals surface area (Å²) in [7, 11) is 0. The Morgan fingerprint density at radius 3 is 2.40 bits per heavy atom. The van der Waals surface area contributed by atoms with Gasteiger partial charge in [0.2, 0.25) is 0 Å². The summed E-state index contributed by atoms with van der Waals surface area (Å²) in [5.41, 5.74) is 2.94. The van der Waals surface area contributed by atoms with Crippen LogP contribution in [0.3, 0.4) is 0 Å². The van der Waals surface area contributed by atoms with Crippen molar-refractivity contribution in [3.05, 3.63) is 113 Å². The van der Waals surface area contributed by atoms with Crippen molar-refractivity contribution in [3.8, 4) is 11.3 Å². The third kappa shape index (κ3) is 4.85. The van der Waals surface area contributed by atoms with E-state index in [0.717, 1.165) is 16.8 Å². The fraction of sp³-hybridized carbons (Fsp3) is 0.0400. The van der Waals surface area contributed by atoms with Gasteiger partial charge in [0.15, 0.2) is 0 Å². The number of benzene rings is 3. The lowest BCUT2D eigenvalue weighted by atomic mass is 10.1. The Morgan fingerprint density at radius 2 is 1.63 bits per heavy atom. The van der Waals surface area contributed by atoms with E-state index in [1.165, 1.54) is 0 Å². The average Bonchev–Trinajstić information content (AvgIpc) is 3.27. The van der Waals surface area contributed by atoms with Crippen molar-refractivity contribution in [1.29, 1.82) is 0 Å². The second-order valence-electron chi connectivity index (χ2n) is 6.54. The van der Waals surface area contributed by atoms with E-state index in [2.05, 4.69) is 4.99 Å². The number of hydrogen-bond acceptors (Lipinski definition) is 4. The number of nitrogens with zero attached hydrogens (tertiary/aromatic N) is 1. The Labute approximate surface area is 179 Å². The zero-order valence-corrected chi connectivity index (χ0v) is 16.8. The average molecular weight is 416 g/mol. The molecule has 5 heteroatoms. The van der Waals surface area contributed by atoms with Crippen LogP contribution in [0.25, 0.3) is 11.3 Å². The summed E-state index contributed by atoms with van der Waals surface area (Å²) in [4.78, 5) is 16.7. The van der Waals surface area contributed by atoms with Gasteiger partial charge in [0.05, 0.1) is 17.5 Å². The lowest BCUT2D eigenvalue weighted by Gasteiger charge is -2.07. The van der Waals surface area contributed by atoms with Gasteiger partial charge in [0.25, 0.3) is 0 Å². The van der Waals surface area contributed by atoms with Gasteiger partial charge < -0.3 is 9.15 Å². The molecule has 0 atom stereocenters. The van der Waals surface area contributed by atoms with E-state index in [0.29, 0.717) is 22.1 Å². The monoisotopic (exact) mass is 415 g/mol. The highest BCUT2D eigenvalue weighted by molar-refractivity contribution is 6.31. The molecule has 0 aliphatic rings. The molecule has 148 valence electrons. The molecule has 30 heavy (non-hydrogen) atoms. The smallest absolute Gasteiger partial charge is 0.338 e. The van der Waals surface area contributed by atoms with Crippen LogP contribution in [0.1, 0.15) is 21.7 Å². The number of rotatable bonds is 6. The molecule has 0 saturated carbocycles. The first-order chi connectivity index (χ1) is 14.7. The van der Waals surface area contributed by atoms with Crippen LogP contribution in [0, 0.1) is 0 Å². The predicted octanol–water partition coefficient (Wildman–Crippen LogP) is 6.71. The number of carbonyl (C=O) groups excluding carboxylic acids is 1. The summed E-state index contributed by atoms with van der Waals surface area (Å²) in [5, 5.41) is 0.574. The first kappa shape index (κ1) is 19.7. The second kappa shape index (κ2) is 9.25. The Bertz CT molecular complexity index is 1160. The molecule has 0 fully saturated rings. The van der Waals surface area contributed by atoms with Gasteiger partial charge in [-0.05, 0) is 42.5 Å². The normalized spacial score (nSPS) is 11.0. The van der Waals surface area contributed by atoms with Crippen LogP contribution in [0.5, 0.6) is 0 Å². The molecule has 0 aliphatic carbocycles. The van der Waals surface area contributed by atoms with E-state index < -0.39 is 5.97 Å². The highest BCUT2D eigenvalue weighted by Crippen LogP contribution is 2.23. The molecule has 0 spiro atoms. The molecule has 4 nitrogen and oxygen atoms in total. The standard InChI is InChI=1S/C25H18ClNO3/c26-23-9-5-4-6-20(23)17-29-25(28)19-12-10-18(11-13-19)24-15-14-22(30-24)16-27-21-7-2-1-3-8-21/h1-16H,17H2. The summed E-state index contributed by atoms with van der Waals surface area (Å²) < 4.78 is 11.2. The van der Waals surface area contributed by atoms with Gasteiger partial charge in [-0.25, -0.2) is 4.79 Å². The van der Waals surface area contributed by atoms with Crippen LogP contribution in [-0.4, -0.2) is 12.2 Å². The summed E-state index contributed by atoms with van der Waals surface area (Å²) in [5.74, 6) is 0.939. The van der Waals surface area contributed by atoms with Gasteiger partial charge in [-0.15, -0.1) is 0 Å². The van der Waals surface area contributed by atoms with Gasteiger partial charge in [-0.1, -0.05) is 60.1 Å². The molecule has 0 bridgehead atoms. The number of ether oxygens (including phenoxy) is 1. The maximum absolute atomic E-state index is 12.3. The number of furan rings is 1. The fourth-order valence-electron chi connectivity index (χ4n) is 2.84. The highest BCUT2D eigenvalue weighted by atomic mass is 35.5. The Kier molecular flexibility index (Phi) is 6.06. The van der Waals surface area contributed by atoms with E-state index in [1.54, 1.807) is 24.4 Å². The maximum Gasteiger partial charge on any atom is 0.338 e. The van der Waals surface area contributed by atoms with Crippen molar-refractivity contribution < 1.29 is 13.9 Å². The van der Waals surface area contributed by atoms with Gasteiger partial charge in [0.1, 0.15) is 18.1 Å². The Morgan fingerprint density at radius 1 is 0.900 bits per heavy atom. The Hall–Kier alpha value is -3.63. The highest BCUT2D eigenvalue weighted by Gasteiger charge is 2.10. The predicted molar refractivity (Wildman–Crippen MR) is 118 cm³/mol. The van der Waals surface area contributed by atoms with Crippen LogP contribution in [0.2, 0.25) is 5.02 Å². The minimum absolute atomic E-state index is 0.128. The first-order valence-corrected chi connectivity index (χ1v) is 9.77. The van der Waals surface area contributed by atoms with Crippen LogP contribution in [-0.2, 0) is 11.3 Å². The lowest BCUT2D eigenvalue weighted by molar-refractivity contribution is 0.0473. The molecule has 0 radical (unpaired) electrons. The Balaban J connectivity index is 1.40. The number of aliphatic imine (C=N–C) groups is 1. The molecule has 4 aromatic rings. The van der Waals surface area contributed by atoms with Crippen LogP contribution in [0.4, 0.5) is 5.69 Å². The minimum atomic E-state index is -0.406. The third-order valence-electron chi connectivity index (χ3n) is 4.45. The lowest BCUT2D eigenvalue weighted by Crippen LogP contribution is -2.05. The molecule has 4 rings (SSSR count). The van der Waals surface area contributed by atoms with Crippen molar-refractivity contribution in [2.45, 2.75) is 6.61 Å². The fourth-order valence-corrected chi connectivity index (χ4v) is 3.03. The molecule has 0 amide bonds. The molecule has 3 aromatic carbocycles. The molecular weight excluding hydrogens is 398 g/mol. The zero-order valence-electron chi connectivity index (χ0n) is 16.0. The number of esters is 1. The van der Waals surface area contributed by atoms with Crippen molar-refractivity contribution in [2.24, 2.45) is 4.99 Å². The third-order valence-corrected chi connectivity index (χ3v) is 4.81. The van der Waals surface area contributed by atoms with Gasteiger partial charge >= 0.3 is 5.97 Å². The van der Waals surface area contributed by atoms with E-state index in [-0.39, 0.29) is 6.61 Å². The molecule has 0 saturated heterocycles. The molecule has 1 heterocycles. The number of hydrogen-bond donors (Lipinski definition) is 0. The minimum Gasteiger partial charge on any atom is -0.457 e. The van der Waals surface area contributed by atoms with Gasteiger partial charge in [-0.2, -0.15) is 0 Å². The molecule has 0 N–H and O–H groups in total. The van der Waals surface area contributed by atoms with Crippen LogP contribution in [0.15, 0.2) is 100 Å². The number of carbonyl (C=O) groups is 1. The topological polar surface area (TPSA) is 51.8 Å². The van der Waals surface area contributed by atoms with E-state index >= 15 is 0 Å². The molecule has 0 unspecified atom stereocenters. The van der Waals surface area contributed by atoms with Crippen LogP contribution < -0.4 is 0 Å². The summed E-state index contributed by atoms with van der Waals surface area (Å²) in [6.07, 6.45) is 1.68. The largest absolute Gasteiger partial charge is 0.457 e. The van der Waals surface area contributed by atoms with Gasteiger partial charge in [-0.3, -0.25) is 4.99 Å². The summed E-state index contributed by atoms with van der Waals surface area (Å²) in [6.45, 7) is 0.128. The molecular formula is C25H18ClNO3. The summed E-state index contributed by atoms with van der Waals surface area (Å²) in [6, 6.07) is 27.7. The van der Waals surface area contributed by atoms with Crippen molar-refractivity contribution in [1.82, 2.24) is 0 Å². The molecule has 0 aliphatic heterocycles. The van der Waals surface area contributed by atoms with E-state index in [9.17, 15) is 4.79 Å². The molecule has 1 aromatic heterocycles. The van der Waals surface area contributed by atoms with Crippen molar-refractivity contribution in [3.63, 3.8) is 0 Å². The number of halogens is 1. The number of para-hydroxylation sites is 1. The zero-order chi connectivity index (χ0) is 20.8. The summed E-state index contributed by atoms with van der Waals surface area (Å²) >= 11 is 6.09. The maximum atomic E-state index is 12.3. The van der Waals surface area contributed by atoms with Gasteiger partial charge in [0, 0.05) is 16.1 Å². The van der Waals surface area contributed by atoms with E-state index in [1.807, 2.05) is 72.8 Å². The van der Waals surface area contributed by atoms with Crippen molar-refractivity contribution in [2.75, 3.05) is 0 Å². The van der Waals surface area contributed by atoms with E-state index in [4.69, 9.17) is 20.8 Å². The first-order valence-electron chi connectivity index (χ1n) is 9.39. The van der Waals surface area contributed by atoms with Crippen molar-refractivity contribution >= 4 is 29.5 Å².